The van der Waals surface area contributed by atoms with E-state index in [0.29, 0.717) is 18.4 Å². The highest BCUT2D eigenvalue weighted by molar-refractivity contribution is 5.98. The highest BCUT2D eigenvalue weighted by atomic mass is 16.5. The van der Waals surface area contributed by atoms with Gasteiger partial charge in [-0.3, -0.25) is 9.59 Å². The molecule has 0 saturated heterocycles. The fraction of sp³-hybridized carbons (Fsp3) is 0.200. The van der Waals surface area contributed by atoms with Gasteiger partial charge in [-0.05, 0) is 41.7 Å². The molecule has 0 saturated carbocycles. The average Bonchev–Trinajstić information content (AvgIpc) is 2.77. The third-order valence-corrected chi connectivity index (χ3v) is 5.02. The van der Waals surface area contributed by atoms with E-state index in [1.807, 2.05) is 66.7 Å². The number of benzene rings is 3. The molecule has 0 spiro atoms. The lowest BCUT2D eigenvalue weighted by atomic mass is 9.92. The van der Waals surface area contributed by atoms with Gasteiger partial charge in [-0.2, -0.15) is 0 Å². The van der Waals surface area contributed by atoms with Crippen LogP contribution in [0.2, 0.25) is 0 Å². The smallest absolute Gasteiger partial charge is 0.306 e. The molecule has 0 aliphatic carbocycles. The Labute approximate surface area is 170 Å². The maximum atomic E-state index is 12.6. The minimum atomic E-state index is -0.928. The quantitative estimate of drug-likeness (QED) is 0.507. The van der Waals surface area contributed by atoms with Crippen molar-refractivity contribution < 1.29 is 19.4 Å². The summed E-state index contributed by atoms with van der Waals surface area (Å²) in [6.45, 7) is 0. The molecule has 0 heterocycles. The Morgan fingerprint density at radius 2 is 1.62 bits per heavy atom. The Morgan fingerprint density at radius 1 is 0.897 bits per heavy atom. The molecule has 3 aromatic carbocycles. The standard InChI is InChI=1S/C25H24O4/c1-29-23-9-5-8-21(16-23)19-12-14-20(15-13-19)24(26)17-22(25(27)28)11-10-18-6-3-2-4-7-18/h2-9,12-16,22H,10-11,17H2,1H3,(H,27,28). The summed E-state index contributed by atoms with van der Waals surface area (Å²) in [5, 5.41) is 9.53. The molecule has 0 fully saturated rings. The van der Waals surface area contributed by atoms with Crippen LogP contribution >= 0.6 is 0 Å². The number of rotatable bonds is 9. The molecule has 148 valence electrons. The van der Waals surface area contributed by atoms with E-state index < -0.39 is 11.9 Å². The van der Waals surface area contributed by atoms with Crippen molar-refractivity contribution in [1.29, 1.82) is 0 Å². The molecule has 0 radical (unpaired) electrons. The minimum absolute atomic E-state index is 0.000668. The highest BCUT2D eigenvalue weighted by Crippen LogP contribution is 2.25. The summed E-state index contributed by atoms with van der Waals surface area (Å²) in [4.78, 5) is 24.3. The number of carbonyl (C=O) groups is 2. The second-order valence-corrected chi connectivity index (χ2v) is 7.00. The Hall–Kier alpha value is -3.40. The second-order valence-electron chi connectivity index (χ2n) is 7.00. The molecular formula is C25H24O4. The molecule has 0 aliphatic rings. The molecule has 1 N–H and O–H groups in total. The van der Waals surface area contributed by atoms with Crippen LogP contribution < -0.4 is 4.74 Å². The Bertz CT molecular complexity index is 962. The largest absolute Gasteiger partial charge is 0.497 e. The van der Waals surface area contributed by atoms with Gasteiger partial charge >= 0.3 is 5.97 Å². The van der Waals surface area contributed by atoms with Gasteiger partial charge < -0.3 is 9.84 Å². The average molecular weight is 388 g/mol. The summed E-state index contributed by atoms with van der Waals surface area (Å²) >= 11 is 0. The maximum absolute atomic E-state index is 12.6. The summed E-state index contributed by atoms with van der Waals surface area (Å²) < 4.78 is 5.25. The number of carboxylic acids is 1. The van der Waals surface area contributed by atoms with E-state index in [0.717, 1.165) is 22.4 Å². The molecule has 3 rings (SSSR count). The van der Waals surface area contributed by atoms with Crippen molar-refractivity contribution in [3.63, 3.8) is 0 Å². The van der Waals surface area contributed by atoms with Crippen molar-refractivity contribution >= 4 is 11.8 Å². The summed E-state index contributed by atoms with van der Waals surface area (Å²) in [5.41, 5.74) is 3.57. The zero-order chi connectivity index (χ0) is 20.6. The number of carboxylic acid groups (broad SMARTS) is 1. The number of hydrogen-bond donors (Lipinski definition) is 1. The summed E-state index contributed by atoms with van der Waals surface area (Å²) in [6.07, 6.45) is 1.08. The molecule has 4 heteroatoms. The Kier molecular flexibility index (Phi) is 6.80. The van der Waals surface area contributed by atoms with Gasteiger partial charge in [-0.1, -0.05) is 66.7 Å². The monoisotopic (exact) mass is 388 g/mol. The minimum Gasteiger partial charge on any atom is -0.497 e. The van der Waals surface area contributed by atoms with Crippen LogP contribution in [-0.2, 0) is 11.2 Å². The van der Waals surface area contributed by atoms with Crippen LogP contribution in [0.1, 0.15) is 28.8 Å². The van der Waals surface area contributed by atoms with Crippen LogP contribution in [0.25, 0.3) is 11.1 Å². The van der Waals surface area contributed by atoms with Crippen LogP contribution in [0.15, 0.2) is 78.9 Å². The number of hydrogen-bond acceptors (Lipinski definition) is 3. The van der Waals surface area contributed by atoms with Crippen molar-refractivity contribution in [3.05, 3.63) is 90.0 Å². The third-order valence-electron chi connectivity index (χ3n) is 5.02. The van der Waals surface area contributed by atoms with Crippen LogP contribution in [0, 0.1) is 5.92 Å². The predicted octanol–water partition coefficient (Wildman–Crippen LogP) is 5.27. The fourth-order valence-corrected chi connectivity index (χ4v) is 3.29. The SMILES string of the molecule is COc1cccc(-c2ccc(C(=O)CC(CCc3ccccc3)C(=O)O)cc2)c1. The van der Waals surface area contributed by atoms with E-state index in [2.05, 4.69) is 0 Å². The van der Waals surface area contributed by atoms with Crippen molar-refractivity contribution in [3.8, 4) is 16.9 Å². The number of aliphatic carboxylic acids is 1. The molecule has 0 bridgehead atoms. The van der Waals surface area contributed by atoms with E-state index in [4.69, 9.17) is 4.74 Å². The lowest BCUT2D eigenvalue weighted by Crippen LogP contribution is -2.19. The molecule has 3 aromatic rings. The van der Waals surface area contributed by atoms with E-state index in [1.165, 1.54) is 0 Å². The molecular weight excluding hydrogens is 364 g/mol. The predicted molar refractivity (Wildman–Crippen MR) is 113 cm³/mol. The topological polar surface area (TPSA) is 63.6 Å². The lowest BCUT2D eigenvalue weighted by Gasteiger charge is -2.12. The van der Waals surface area contributed by atoms with Gasteiger partial charge in [0.1, 0.15) is 5.75 Å². The molecule has 1 atom stereocenters. The normalized spacial score (nSPS) is 11.6. The van der Waals surface area contributed by atoms with Gasteiger partial charge in [0, 0.05) is 12.0 Å². The van der Waals surface area contributed by atoms with Crippen molar-refractivity contribution in [2.75, 3.05) is 7.11 Å². The first-order valence-electron chi connectivity index (χ1n) is 9.61. The first-order chi connectivity index (χ1) is 14.1. The van der Waals surface area contributed by atoms with Gasteiger partial charge in [0.25, 0.3) is 0 Å². The van der Waals surface area contributed by atoms with Crippen molar-refractivity contribution in [2.24, 2.45) is 5.92 Å². The van der Waals surface area contributed by atoms with E-state index in [9.17, 15) is 14.7 Å². The molecule has 29 heavy (non-hydrogen) atoms. The first-order valence-corrected chi connectivity index (χ1v) is 9.61. The van der Waals surface area contributed by atoms with Gasteiger partial charge in [0.2, 0.25) is 0 Å². The van der Waals surface area contributed by atoms with Crippen LogP contribution in [0.3, 0.4) is 0 Å². The maximum Gasteiger partial charge on any atom is 0.306 e. The summed E-state index contributed by atoms with van der Waals surface area (Å²) in [7, 11) is 1.62. The van der Waals surface area contributed by atoms with Crippen molar-refractivity contribution in [2.45, 2.75) is 19.3 Å². The van der Waals surface area contributed by atoms with E-state index in [-0.39, 0.29) is 12.2 Å². The third kappa shape index (κ3) is 5.55. The number of methoxy groups -OCH3 is 1. The number of aryl methyl sites for hydroxylation is 1. The van der Waals surface area contributed by atoms with Gasteiger partial charge in [-0.25, -0.2) is 0 Å². The number of carbonyl (C=O) groups excluding carboxylic acids is 1. The number of ether oxygens (including phenoxy) is 1. The highest BCUT2D eigenvalue weighted by Gasteiger charge is 2.22. The zero-order valence-corrected chi connectivity index (χ0v) is 16.4. The van der Waals surface area contributed by atoms with Crippen LogP contribution in [0.4, 0.5) is 0 Å². The second kappa shape index (κ2) is 9.69. The Morgan fingerprint density at radius 3 is 2.28 bits per heavy atom. The molecule has 4 nitrogen and oxygen atoms in total. The number of Topliss-reactive ketones (excluding diaryl/α,β-unsaturated/α-hetero) is 1. The lowest BCUT2D eigenvalue weighted by molar-refractivity contribution is -0.141. The van der Waals surface area contributed by atoms with E-state index in [1.54, 1.807) is 19.2 Å². The summed E-state index contributed by atoms with van der Waals surface area (Å²) in [6, 6.07) is 24.7. The molecule has 0 aliphatic heterocycles. The van der Waals surface area contributed by atoms with E-state index >= 15 is 0 Å². The molecule has 0 aromatic heterocycles. The van der Waals surface area contributed by atoms with Gasteiger partial charge in [0.05, 0.1) is 13.0 Å². The molecule has 1 unspecified atom stereocenters. The van der Waals surface area contributed by atoms with Crippen molar-refractivity contribution in [1.82, 2.24) is 0 Å². The number of ketones is 1. The zero-order valence-electron chi connectivity index (χ0n) is 16.4. The Balaban J connectivity index is 1.66. The van der Waals surface area contributed by atoms with Gasteiger partial charge in [0.15, 0.2) is 5.78 Å². The summed E-state index contributed by atoms with van der Waals surface area (Å²) in [5.74, 6) is -1.00. The molecule has 0 amide bonds. The fourth-order valence-electron chi connectivity index (χ4n) is 3.29. The van der Waals surface area contributed by atoms with Gasteiger partial charge in [-0.15, -0.1) is 0 Å². The van der Waals surface area contributed by atoms with Crippen LogP contribution in [0.5, 0.6) is 5.75 Å². The van der Waals surface area contributed by atoms with Crippen LogP contribution in [-0.4, -0.2) is 24.0 Å². The first kappa shape index (κ1) is 20.3.